The van der Waals surface area contributed by atoms with Crippen LogP contribution in [0.4, 0.5) is 0 Å². The van der Waals surface area contributed by atoms with Crippen molar-refractivity contribution < 1.29 is 4.79 Å². The number of nitrogens with two attached hydrogens (primary N) is 1. The number of hydrogen-bond acceptors (Lipinski definition) is 3. The van der Waals surface area contributed by atoms with E-state index in [1.165, 1.54) is 0 Å². The van der Waals surface area contributed by atoms with E-state index in [1.54, 1.807) is 12.3 Å². The second kappa shape index (κ2) is 5.80. The maximum atomic E-state index is 11.8. The summed E-state index contributed by atoms with van der Waals surface area (Å²) in [6.07, 6.45) is 1.77. The van der Waals surface area contributed by atoms with Crippen molar-refractivity contribution in [2.45, 2.75) is 26.7 Å². The van der Waals surface area contributed by atoms with Gasteiger partial charge in [0.25, 0.3) is 0 Å². The summed E-state index contributed by atoms with van der Waals surface area (Å²) in [5, 5.41) is 1.04. The lowest BCUT2D eigenvalue weighted by atomic mass is 9.97. The van der Waals surface area contributed by atoms with E-state index in [0.717, 1.165) is 33.4 Å². The number of benzene rings is 1. The number of amides is 1. The molecule has 3 aromatic rings. The molecule has 0 spiro atoms. The predicted molar refractivity (Wildman–Crippen MR) is 92.3 cm³/mol. The van der Waals surface area contributed by atoms with Crippen molar-refractivity contribution in [3.63, 3.8) is 0 Å². The van der Waals surface area contributed by atoms with Gasteiger partial charge in [0.15, 0.2) is 0 Å². The SMILES string of the molecule is Cc1c(C(N)=O)cc(C(C)C)nc1-c1ccc2ncccc2c1. The molecule has 0 atom stereocenters. The average Bonchev–Trinajstić information content (AvgIpc) is 2.54. The number of aromatic nitrogens is 2. The third-order valence-electron chi connectivity index (χ3n) is 4.03. The molecule has 0 aliphatic heterocycles. The molecule has 2 N–H and O–H groups in total. The highest BCUT2D eigenvalue weighted by Gasteiger charge is 2.16. The van der Waals surface area contributed by atoms with E-state index in [0.29, 0.717) is 5.56 Å². The lowest BCUT2D eigenvalue weighted by molar-refractivity contribution is 0.0999. The number of fused-ring (bicyclic) bond motifs is 1. The smallest absolute Gasteiger partial charge is 0.249 e. The number of primary amides is 1. The molecule has 23 heavy (non-hydrogen) atoms. The van der Waals surface area contributed by atoms with Crippen LogP contribution in [0.3, 0.4) is 0 Å². The Bertz CT molecular complexity index is 900. The Hall–Kier alpha value is -2.75. The minimum absolute atomic E-state index is 0.217. The van der Waals surface area contributed by atoms with Crippen LogP contribution in [0.15, 0.2) is 42.6 Å². The molecule has 1 aromatic carbocycles. The molecule has 3 rings (SSSR count). The van der Waals surface area contributed by atoms with Crippen molar-refractivity contribution in [1.29, 1.82) is 0 Å². The van der Waals surface area contributed by atoms with Gasteiger partial charge in [-0.3, -0.25) is 14.8 Å². The molecule has 0 aliphatic rings. The fourth-order valence-corrected chi connectivity index (χ4v) is 2.68. The van der Waals surface area contributed by atoms with E-state index >= 15 is 0 Å². The van der Waals surface area contributed by atoms with Crippen molar-refractivity contribution >= 4 is 16.8 Å². The number of rotatable bonds is 3. The minimum atomic E-state index is -0.421. The zero-order chi connectivity index (χ0) is 16.6. The monoisotopic (exact) mass is 305 g/mol. The van der Waals surface area contributed by atoms with Crippen molar-refractivity contribution in [2.24, 2.45) is 5.73 Å². The van der Waals surface area contributed by atoms with Gasteiger partial charge >= 0.3 is 0 Å². The van der Waals surface area contributed by atoms with Gasteiger partial charge in [-0.15, -0.1) is 0 Å². The molecule has 2 heterocycles. The molecular weight excluding hydrogens is 286 g/mol. The van der Waals surface area contributed by atoms with E-state index < -0.39 is 5.91 Å². The van der Waals surface area contributed by atoms with Gasteiger partial charge < -0.3 is 5.73 Å². The van der Waals surface area contributed by atoms with Crippen LogP contribution in [0.2, 0.25) is 0 Å². The van der Waals surface area contributed by atoms with Crippen molar-refractivity contribution in [3.8, 4) is 11.3 Å². The summed E-state index contributed by atoms with van der Waals surface area (Å²) in [7, 11) is 0. The van der Waals surface area contributed by atoms with Crippen LogP contribution >= 0.6 is 0 Å². The second-order valence-corrected chi connectivity index (χ2v) is 6.00. The highest BCUT2D eigenvalue weighted by Crippen LogP contribution is 2.29. The molecule has 0 saturated carbocycles. The first-order valence-corrected chi connectivity index (χ1v) is 7.64. The Morgan fingerprint density at radius 2 is 1.96 bits per heavy atom. The highest BCUT2D eigenvalue weighted by molar-refractivity contribution is 5.96. The number of pyridine rings is 2. The van der Waals surface area contributed by atoms with E-state index in [1.807, 2.05) is 37.3 Å². The summed E-state index contributed by atoms with van der Waals surface area (Å²) in [4.78, 5) is 20.9. The van der Waals surface area contributed by atoms with Gasteiger partial charge in [0, 0.05) is 28.4 Å². The molecule has 0 bridgehead atoms. The molecule has 0 fully saturated rings. The van der Waals surface area contributed by atoms with Gasteiger partial charge in [0.2, 0.25) is 5.91 Å². The van der Waals surface area contributed by atoms with Crippen LogP contribution in [0.1, 0.15) is 41.4 Å². The van der Waals surface area contributed by atoms with E-state index in [4.69, 9.17) is 10.7 Å². The predicted octanol–water partition coefficient (Wildman–Crippen LogP) is 3.83. The van der Waals surface area contributed by atoms with Gasteiger partial charge in [-0.05, 0) is 42.7 Å². The average molecular weight is 305 g/mol. The fraction of sp³-hybridized carbons (Fsp3) is 0.211. The first-order valence-electron chi connectivity index (χ1n) is 7.64. The number of carbonyl (C=O) groups is 1. The number of hydrogen-bond donors (Lipinski definition) is 1. The van der Waals surface area contributed by atoms with Crippen LogP contribution in [0.5, 0.6) is 0 Å². The molecule has 2 aromatic heterocycles. The molecule has 4 heteroatoms. The molecule has 0 aliphatic carbocycles. The molecule has 0 saturated heterocycles. The van der Waals surface area contributed by atoms with Crippen molar-refractivity contribution in [3.05, 3.63) is 59.4 Å². The van der Waals surface area contributed by atoms with E-state index in [-0.39, 0.29) is 5.92 Å². The zero-order valence-electron chi connectivity index (χ0n) is 13.5. The summed E-state index contributed by atoms with van der Waals surface area (Å²) in [5.41, 5.74) is 10.5. The quantitative estimate of drug-likeness (QED) is 0.799. The molecule has 0 unspecified atom stereocenters. The zero-order valence-corrected chi connectivity index (χ0v) is 13.5. The Kier molecular flexibility index (Phi) is 3.82. The van der Waals surface area contributed by atoms with Crippen LogP contribution in [0.25, 0.3) is 22.2 Å². The lowest BCUT2D eigenvalue weighted by Gasteiger charge is -2.14. The first-order chi connectivity index (χ1) is 11.0. The molecule has 116 valence electrons. The van der Waals surface area contributed by atoms with E-state index in [9.17, 15) is 4.79 Å². The Morgan fingerprint density at radius 3 is 2.65 bits per heavy atom. The summed E-state index contributed by atoms with van der Waals surface area (Å²) < 4.78 is 0. The second-order valence-electron chi connectivity index (χ2n) is 6.00. The van der Waals surface area contributed by atoms with Crippen LogP contribution < -0.4 is 5.73 Å². The Labute approximate surface area is 135 Å². The number of carbonyl (C=O) groups excluding carboxylic acids is 1. The summed E-state index contributed by atoms with van der Waals surface area (Å²) in [6, 6.07) is 11.7. The third kappa shape index (κ3) is 2.80. The standard InChI is InChI=1S/C19H19N3O/c1-11(2)17-10-15(19(20)23)12(3)18(22-17)14-6-7-16-13(9-14)5-4-8-21-16/h4-11H,1-3H3,(H2,20,23). The molecular formula is C19H19N3O. The van der Waals surface area contributed by atoms with E-state index in [2.05, 4.69) is 18.8 Å². The van der Waals surface area contributed by atoms with Crippen LogP contribution in [-0.4, -0.2) is 15.9 Å². The topological polar surface area (TPSA) is 68.9 Å². The normalized spacial score (nSPS) is 11.1. The minimum Gasteiger partial charge on any atom is -0.366 e. The Balaban J connectivity index is 2.25. The van der Waals surface area contributed by atoms with Gasteiger partial charge in [-0.1, -0.05) is 26.0 Å². The first kappa shape index (κ1) is 15.2. The van der Waals surface area contributed by atoms with Crippen molar-refractivity contribution in [2.75, 3.05) is 0 Å². The van der Waals surface area contributed by atoms with Gasteiger partial charge in [-0.25, -0.2) is 0 Å². The summed E-state index contributed by atoms with van der Waals surface area (Å²) in [5.74, 6) is -0.204. The maximum absolute atomic E-state index is 11.8. The Morgan fingerprint density at radius 1 is 1.17 bits per heavy atom. The van der Waals surface area contributed by atoms with Gasteiger partial charge in [-0.2, -0.15) is 0 Å². The maximum Gasteiger partial charge on any atom is 0.249 e. The largest absolute Gasteiger partial charge is 0.366 e. The lowest BCUT2D eigenvalue weighted by Crippen LogP contribution is -2.15. The molecule has 1 amide bonds. The number of nitrogens with zero attached hydrogens (tertiary/aromatic N) is 2. The van der Waals surface area contributed by atoms with Gasteiger partial charge in [0.05, 0.1) is 11.2 Å². The van der Waals surface area contributed by atoms with Crippen molar-refractivity contribution in [1.82, 2.24) is 9.97 Å². The van der Waals surface area contributed by atoms with Crippen LogP contribution in [0, 0.1) is 6.92 Å². The highest BCUT2D eigenvalue weighted by atomic mass is 16.1. The molecule has 0 radical (unpaired) electrons. The fourth-order valence-electron chi connectivity index (χ4n) is 2.68. The van der Waals surface area contributed by atoms with Crippen LogP contribution in [-0.2, 0) is 0 Å². The summed E-state index contributed by atoms with van der Waals surface area (Å²) >= 11 is 0. The molecule has 4 nitrogen and oxygen atoms in total. The summed E-state index contributed by atoms with van der Waals surface area (Å²) in [6.45, 7) is 5.99. The van der Waals surface area contributed by atoms with Gasteiger partial charge in [0.1, 0.15) is 0 Å². The third-order valence-corrected chi connectivity index (χ3v) is 4.03.